The second kappa shape index (κ2) is 3.32. The topological polar surface area (TPSA) is 38.9 Å². The van der Waals surface area contributed by atoms with E-state index in [4.69, 9.17) is 17.3 Å². The van der Waals surface area contributed by atoms with Crippen molar-refractivity contribution in [2.75, 3.05) is 18.2 Å². The standard InChI is InChI=1S/C7H11ClN2S/c1-11(2)7-4-5(8)3-6(9)10-7/h3-4,11H,1-2H3,(H2,9,10). The van der Waals surface area contributed by atoms with Gasteiger partial charge in [0.2, 0.25) is 0 Å². The van der Waals surface area contributed by atoms with E-state index in [-0.39, 0.29) is 10.9 Å². The number of nitrogens with two attached hydrogens (primary N) is 1. The van der Waals surface area contributed by atoms with E-state index in [9.17, 15) is 0 Å². The average Bonchev–Trinajstić information content (AvgIpc) is 1.85. The van der Waals surface area contributed by atoms with Crippen LogP contribution in [-0.4, -0.2) is 17.5 Å². The molecule has 11 heavy (non-hydrogen) atoms. The van der Waals surface area contributed by atoms with Crippen LogP contribution in [-0.2, 0) is 0 Å². The number of hydrogen-bond acceptors (Lipinski definition) is 2. The lowest BCUT2D eigenvalue weighted by Gasteiger charge is -2.08. The monoisotopic (exact) mass is 190 g/mol. The maximum absolute atomic E-state index is 5.78. The summed E-state index contributed by atoms with van der Waals surface area (Å²) < 4.78 is 0. The van der Waals surface area contributed by atoms with E-state index in [1.54, 1.807) is 6.07 Å². The second-order valence-corrected chi connectivity index (χ2v) is 5.15. The summed E-state index contributed by atoms with van der Waals surface area (Å²) in [5.41, 5.74) is 5.51. The molecule has 0 aromatic carbocycles. The molecule has 1 heterocycles. The molecule has 0 saturated heterocycles. The molecule has 1 aromatic rings. The fourth-order valence-corrected chi connectivity index (χ4v) is 1.74. The van der Waals surface area contributed by atoms with Crippen LogP contribution in [0.4, 0.5) is 5.82 Å². The molecule has 62 valence electrons. The number of thiol groups is 1. The van der Waals surface area contributed by atoms with Crippen molar-refractivity contribution in [3.05, 3.63) is 17.2 Å². The molecule has 2 N–H and O–H groups in total. The molecule has 1 aromatic heterocycles. The molecular formula is C7H11ClN2S. The first-order valence-corrected chi connectivity index (χ1v) is 5.81. The Labute approximate surface area is 74.1 Å². The molecule has 0 unspecified atom stereocenters. The molecule has 0 radical (unpaired) electrons. The summed E-state index contributed by atoms with van der Waals surface area (Å²) in [4.78, 5) is 4.16. The van der Waals surface area contributed by atoms with E-state index in [1.807, 2.05) is 6.07 Å². The summed E-state index contributed by atoms with van der Waals surface area (Å²) in [6, 6.07) is 3.52. The van der Waals surface area contributed by atoms with Crippen LogP contribution in [0, 0.1) is 0 Å². The predicted octanol–water partition coefficient (Wildman–Crippen LogP) is 1.94. The number of rotatable bonds is 1. The Bertz CT molecular complexity index is 242. The van der Waals surface area contributed by atoms with Crippen molar-refractivity contribution in [3.63, 3.8) is 0 Å². The third-order valence-corrected chi connectivity index (χ3v) is 2.62. The van der Waals surface area contributed by atoms with Gasteiger partial charge in [-0.3, -0.25) is 0 Å². The second-order valence-electron chi connectivity index (χ2n) is 2.46. The first-order chi connectivity index (χ1) is 5.09. The van der Waals surface area contributed by atoms with Gasteiger partial charge in [0.05, 0.1) is 5.03 Å². The molecule has 4 heteroatoms. The molecule has 0 amide bonds. The molecule has 0 saturated carbocycles. The van der Waals surface area contributed by atoms with Crippen molar-refractivity contribution in [3.8, 4) is 0 Å². The normalized spacial score (nSPS) is 11.4. The highest BCUT2D eigenvalue weighted by atomic mass is 35.5. The van der Waals surface area contributed by atoms with Crippen molar-refractivity contribution in [2.45, 2.75) is 5.03 Å². The number of hydrogen-bond donors (Lipinski definition) is 2. The molecular weight excluding hydrogens is 180 g/mol. The van der Waals surface area contributed by atoms with Gasteiger partial charge in [0.25, 0.3) is 0 Å². The van der Waals surface area contributed by atoms with Crippen LogP contribution in [0.3, 0.4) is 0 Å². The van der Waals surface area contributed by atoms with Crippen LogP contribution < -0.4 is 5.73 Å². The van der Waals surface area contributed by atoms with Crippen molar-refractivity contribution in [2.24, 2.45) is 0 Å². The quantitative estimate of drug-likeness (QED) is 0.665. The predicted molar refractivity (Wildman–Crippen MR) is 52.8 cm³/mol. The Morgan fingerprint density at radius 3 is 2.55 bits per heavy atom. The summed E-state index contributed by atoms with van der Waals surface area (Å²) in [6.45, 7) is 0. The Balaban J connectivity index is 3.08. The zero-order valence-electron chi connectivity index (χ0n) is 6.50. The van der Waals surface area contributed by atoms with Gasteiger partial charge in [0.1, 0.15) is 5.82 Å². The number of nitrogen functional groups attached to an aromatic ring is 1. The highest BCUT2D eigenvalue weighted by Gasteiger charge is 1.99. The van der Waals surface area contributed by atoms with Crippen LogP contribution in [0.1, 0.15) is 0 Å². The Hall–Kier alpha value is -0.410. The van der Waals surface area contributed by atoms with Crippen LogP contribution in [0.5, 0.6) is 0 Å². The van der Waals surface area contributed by atoms with Crippen molar-refractivity contribution < 1.29 is 0 Å². The first-order valence-electron chi connectivity index (χ1n) is 3.20. The highest BCUT2D eigenvalue weighted by Crippen LogP contribution is 2.28. The Morgan fingerprint density at radius 1 is 1.45 bits per heavy atom. The number of nitrogens with zero attached hydrogens (tertiary/aromatic N) is 1. The number of aromatic nitrogens is 1. The first kappa shape index (κ1) is 8.68. The van der Waals surface area contributed by atoms with Gasteiger partial charge in [-0.1, -0.05) is 11.6 Å². The summed E-state index contributed by atoms with van der Waals surface area (Å²) >= 11 is 5.78. The van der Waals surface area contributed by atoms with Crippen LogP contribution in [0.15, 0.2) is 17.2 Å². The highest BCUT2D eigenvalue weighted by molar-refractivity contribution is 8.15. The molecule has 0 aliphatic carbocycles. The zero-order valence-corrected chi connectivity index (χ0v) is 8.15. The van der Waals surface area contributed by atoms with E-state index in [2.05, 4.69) is 17.5 Å². The fourth-order valence-electron chi connectivity index (χ4n) is 0.732. The average molecular weight is 191 g/mol. The maximum atomic E-state index is 5.78. The van der Waals surface area contributed by atoms with Crippen LogP contribution >= 0.6 is 22.5 Å². The number of anilines is 1. The zero-order chi connectivity index (χ0) is 8.43. The molecule has 0 atom stereocenters. The van der Waals surface area contributed by atoms with Gasteiger partial charge >= 0.3 is 0 Å². The molecule has 0 aliphatic rings. The van der Waals surface area contributed by atoms with Gasteiger partial charge in [-0.15, -0.1) is 0 Å². The lowest BCUT2D eigenvalue weighted by molar-refractivity contribution is 1.14. The minimum atomic E-state index is -0.204. The van der Waals surface area contributed by atoms with E-state index in [1.165, 1.54) is 0 Å². The largest absolute Gasteiger partial charge is 0.384 e. The third-order valence-electron chi connectivity index (χ3n) is 1.25. The Kier molecular flexibility index (Phi) is 2.62. The van der Waals surface area contributed by atoms with Crippen LogP contribution in [0.2, 0.25) is 5.02 Å². The minimum Gasteiger partial charge on any atom is -0.384 e. The van der Waals surface area contributed by atoms with Crippen LogP contribution in [0.25, 0.3) is 0 Å². The minimum absolute atomic E-state index is 0.204. The van der Waals surface area contributed by atoms with Gasteiger partial charge in [-0.25, -0.2) is 15.9 Å². The van der Waals surface area contributed by atoms with Gasteiger partial charge in [-0.2, -0.15) is 0 Å². The smallest absolute Gasteiger partial charge is 0.126 e. The maximum Gasteiger partial charge on any atom is 0.126 e. The molecule has 1 rings (SSSR count). The molecule has 0 spiro atoms. The van der Waals surface area contributed by atoms with E-state index in [0.29, 0.717) is 10.8 Å². The summed E-state index contributed by atoms with van der Waals surface area (Å²) in [6.07, 6.45) is 4.24. The summed E-state index contributed by atoms with van der Waals surface area (Å²) in [5.74, 6) is 0.503. The van der Waals surface area contributed by atoms with Gasteiger partial charge in [-0.05, 0) is 24.6 Å². The van der Waals surface area contributed by atoms with E-state index < -0.39 is 0 Å². The number of pyridine rings is 1. The van der Waals surface area contributed by atoms with Gasteiger partial charge < -0.3 is 5.73 Å². The molecule has 0 fully saturated rings. The summed E-state index contributed by atoms with van der Waals surface area (Å²) in [5, 5.41) is 1.67. The summed E-state index contributed by atoms with van der Waals surface area (Å²) in [7, 11) is -0.204. The molecule has 2 nitrogen and oxygen atoms in total. The third kappa shape index (κ3) is 2.27. The number of halogens is 1. The van der Waals surface area contributed by atoms with Gasteiger partial charge in [0.15, 0.2) is 0 Å². The SMILES string of the molecule is C[SH](C)c1cc(Cl)cc(N)n1. The van der Waals surface area contributed by atoms with Gasteiger partial charge in [0, 0.05) is 5.02 Å². The van der Waals surface area contributed by atoms with Crippen molar-refractivity contribution in [1.29, 1.82) is 0 Å². The van der Waals surface area contributed by atoms with E-state index in [0.717, 1.165) is 5.03 Å². The van der Waals surface area contributed by atoms with E-state index >= 15 is 0 Å². The molecule has 0 aliphatic heterocycles. The lowest BCUT2D eigenvalue weighted by atomic mass is 10.5. The lowest BCUT2D eigenvalue weighted by Crippen LogP contribution is -1.92. The molecule has 0 bridgehead atoms. The van der Waals surface area contributed by atoms with Crippen molar-refractivity contribution >= 4 is 28.3 Å². The van der Waals surface area contributed by atoms with Crippen molar-refractivity contribution in [1.82, 2.24) is 4.98 Å². The fraction of sp³-hybridized carbons (Fsp3) is 0.286. The Morgan fingerprint density at radius 2 is 2.09 bits per heavy atom.